The summed E-state index contributed by atoms with van der Waals surface area (Å²) in [5, 5.41) is 13.9. The lowest BCUT2D eigenvalue weighted by Gasteiger charge is -2.30. The standard InChI is InChI=1S/C19H21N3O5/c1-13-11-14(3-5-17(13)22(24)25)19(23)20-16-12-15(26-2)4-6-18(16)21-7-9-27-10-8-21/h3-6,11-12H,7-10H2,1-2H3,(H,20,23). The topological polar surface area (TPSA) is 93.9 Å². The van der Waals surface area contributed by atoms with Crippen LogP contribution in [0.15, 0.2) is 36.4 Å². The van der Waals surface area contributed by atoms with Gasteiger partial charge >= 0.3 is 0 Å². The number of rotatable bonds is 5. The first-order valence-electron chi connectivity index (χ1n) is 8.56. The molecule has 142 valence electrons. The summed E-state index contributed by atoms with van der Waals surface area (Å²) in [5.41, 5.74) is 2.28. The second kappa shape index (κ2) is 8.05. The van der Waals surface area contributed by atoms with Crippen molar-refractivity contribution in [3.05, 3.63) is 57.6 Å². The minimum Gasteiger partial charge on any atom is -0.497 e. The molecule has 27 heavy (non-hydrogen) atoms. The number of amides is 1. The van der Waals surface area contributed by atoms with Gasteiger partial charge < -0.3 is 19.7 Å². The minimum absolute atomic E-state index is 0.0121. The SMILES string of the molecule is COc1ccc(N2CCOCC2)c(NC(=O)c2ccc([N+](=O)[O-])c(C)c2)c1. The number of nitrogens with one attached hydrogen (secondary N) is 1. The number of carbonyl (C=O) groups excluding carboxylic acids is 1. The number of hydrogen-bond donors (Lipinski definition) is 1. The van der Waals surface area contributed by atoms with Gasteiger partial charge in [0.25, 0.3) is 11.6 Å². The Morgan fingerprint density at radius 3 is 2.59 bits per heavy atom. The van der Waals surface area contributed by atoms with Crippen molar-refractivity contribution < 1.29 is 19.2 Å². The van der Waals surface area contributed by atoms with Crippen molar-refractivity contribution in [1.29, 1.82) is 0 Å². The number of anilines is 2. The van der Waals surface area contributed by atoms with Crippen molar-refractivity contribution in [2.75, 3.05) is 43.6 Å². The number of carbonyl (C=O) groups is 1. The Kier molecular flexibility index (Phi) is 5.56. The van der Waals surface area contributed by atoms with Crippen molar-refractivity contribution in [1.82, 2.24) is 0 Å². The molecule has 0 unspecified atom stereocenters. The third-order valence-corrected chi connectivity index (χ3v) is 4.46. The molecule has 1 saturated heterocycles. The number of nitrogens with zero attached hydrogens (tertiary/aromatic N) is 2. The summed E-state index contributed by atoms with van der Waals surface area (Å²) in [6.07, 6.45) is 0. The highest BCUT2D eigenvalue weighted by Crippen LogP contribution is 2.31. The van der Waals surface area contributed by atoms with Gasteiger partial charge in [-0.1, -0.05) is 0 Å². The van der Waals surface area contributed by atoms with Crippen LogP contribution < -0.4 is 15.0 Å². The molecule has 0 atom stereocenters. The first-order valence-corrected chi connectivity index (χ1v) is 8.56. The number of nitro benzene ring substituents is 1. The zero-order valence-corrected chi connectivity index (χ0v) is 15.2. The Bertz CT molecular complexity index is 862. The van der Waals surface area contributed by atoms with E-state index in [9.17, 15) is 14.9 Å². The first-order chi connectivity index (χ1) is 13.0. The van der Waals surface area contributed by atoms with Crippen LogP contribution in [0.3, 0.4) is 0 Å². The van der Waals surface area contributed by atoms with Crippen LogP contribution in [-0.2, 0) is 4.74 Å². The number of aryl methyl sites for hydroxylation is 1. The molecule has 0 bridgehead atoms. The van der Waals surface area contributed by atoms with Gasteiger partial charge in [-0.2, -0.15) is 0 Å². The predicted octanol–water partition coefficient (Wildman–Crippen LogP) is 3.00. The Hall–Kier alpha value is -3.13. The number of benzene rings is 2. The normalized spacial score (nSPS) is 13.9. The number of ether oxygens (including phenoxy) is 2. The number of morpholine rings is 1. The van der Waals surface area contributed by atoms with Crippen molar-refractivity contribution in [2.45, 2.75) is 6.92 Å². The van der Waals surface area contributed by atoms with E-state index in [0.29, 0.717) is 35.8 Å². The lowest BCUT2D eigenvalue weighted by molar-refractivity contribution is -0.385. The summed E-state index contributed by atoms with van der Waals surface area (Å²) in [4.78, 5) is 25.4. The van der Waals surface area contributed by atoms with Crippen molar-refractivity contribution in [2.24, 2.45) is 0 Å². The van der Waals surface area contributed by atoms with E-state index < -0.39 is 4.92 Å². The number of methoxy groups -OCH3 is 1. The van der Waals surface area contributed by atoms with Gasteiger partial charge in [0.1, 0.15) is 5.75 Å². The molecule has 0 radical (unpaired) electrons. The summed E-state index contributed by atoms with van der Waals surface area (Å²) in [5.74, 6) is 0.290. The molecule has 1 fully saturated rings. The summed E-state index contributed by atoms with van der Waals surface area (Å²) in [6, 6.07) is 9.83. The molecule has 1 aliphatic heterocycles. The summed E-state index contributed by atoms with van der Waals surface area (Å²) in [6.45, 7) is 4.32. The number of hydrogen-bond acceptors (Lipinski definition) is 6. The third-order valence-electron chi connectivity index (χ3n) is 4.46. The second-order valence-electron chi connectivity index (χ2n) is 6.19. The van der Waals surface area contributed by atoms with Crippen molar-refractivity contribution in [3.8, 4) is 5.75 Å². The molecular weight excluding hydrogens is 350 g/mol. The average Bonchev–Trinajstić information content (AvgIpc) is 2.68. The maximum Gasteiger partial charge on any atom is 0.272 e. The second-order valence-corrected chi connectivity index (χ2v) is 6.19. The van der Waals surface area contributed by atoms with Gasteiger partial charge in [-0.3, -0.25) is 14.9 Å². The van der Waals surface area contributed by atoms with E-state index in [-0.39, 0.29) is 11.6 Å². The van der Waals surface area contributed by atoms with E-state index in [1.54, 1.807) is 20.1 Å². The zero-order chi connectivity index (χ0) is 19.4. The smallest absolute Gasteiger partial charge is 0.272 e. The molecule has 1 N–H and O–H groups in total. The summed E-state index contributed by atoms with van der Waals surface area (Å²) >= 11 is 0. The van der Waals surface area contributed by atoms with Crippen LogP contribution in [0.4, 0.5) is 17.1 Å². The molecule has 1 heterocycles. The molecule has 2 aromatic carbocycles. The fraction of sp³-hybridized carbons (Fsp3) is 0.316. The van der Waals surface area contributed by atoms with Crippen LogP contribution in [0.2, 0.25) is 0 Å². The van der Waals surface area contributed by atoms with Crippen LogP contribution in [0, 0.1) is 17.0 Å². The van der Waals surface area contributed by atoms with E-state index in [4.69, 9.17) is 9.47 Å². The van der Waals surface area contributed by atoms with E-state index in [2.05, 4.69) is 10.2 Å². The van der Waals surface area contributed by atoms with Crippen molar-refractivity contribution >= 4 is 23.0 Å². The quantitative estimate of drug-likeness (QED) is 0.641. The monoisotopic (exact) mass is 371 g/mol. The summed E-state index contributed by atoms with van der Waals surface area (Å²) < 4.78 is 10.7. The maximum absolute atomic E-state index is 12.7. The van der Waals surface area contributed by atoms with Gasteiger partial charge in [0.05, 0.1) is 36.6 Å². The Morgan fingerprint density at radius 2 is 1.96 bits per heavy atom. The lowest BCUT2D eigenvalue weighted by Crippen LogP contribution is -2.36. The van der Waals surface area contributed by atoms with Gasteiger partial charge in [0.15, 0.2) is 0 Å². The van der Waals surface area contributed by atoms with E-state index >= 15 is 0 Å². The molecule has 2 aromatic rings. The van der Waals surface area contributed by atoms with E-state index in [0.717, 1.165) is 18.8 Å². The Morgan fingerprint density at radius 1 is 1.22 bits per heavy atom. The van der Waals surface area contributed by atoms with Crippen molar-refractivity contribution in [3.63, 3.8) is 0 Å². The molecule has 8 nitrogen and oxygen atoms in total. The Labute approximate surface area is 156 Å². The third kappa shape index (κ3) is 4.17. The lowest BCUT2D eigenvalue weighted by atomic mass is 10.1. The van der Waals surface area contributed by atoms with Gasteiger partial charge in [0.2, 0.25) is 0 Å². The highest BCUT2D eigenvalue weighted by Gasteiger charge is 2.19. The molecular formula is C19H21N3O5. The molecule has 0 aromatic heterocycles. The van der Waals surface area contributed by atoms with Gasteiger partial charge in [-0.05, 0) is 31.2 Å². The zero-order valence-electron chi connectivity index (χ0n) is 15.2. The summed E-state index contributed by atoms with van der Waals surface area (Å²) in [7, 11) is 1.56. The molecule has 8 heteroatoms. The van der Waals surface area contributed by atoms with Gasteiger partial charge in [0, 0.05) is 36.3 Å². The van der Waals surface area contributed by atoms with E-state index in [1.807, 2.05) is 12.1 Å². The molecule has 1 aliphatic rings. The van der Waals surface area contributed by atoms with Crippen LogP contribution in [0.1, 0.15) is 15.9 Å². The van der Waals surface area contributed by atoms with Crippen LogP contribution in [-0.4, -0.2) is 44.2 Å². The molecule has 3 rings (SSSR count). The minimum atomic E-state index is -0.463. The maximum atomic E-state index is 12.7. The Balaban J connectivity index is 1.88. The van der Waals surface area contributed by atoms with Crippen LogP contribution in [0.5, 0.6) is 5.75 Å². The first kappa shape index (κ1) is 18.7. The molecule has 1 amide bonds. The largest absolute Gasteiger partial charge is 0.497 e. The predicted molar refractivity (Wildman–Crippen MR) is 102 cm³/mol. The van der Waals surface area contributed by atoms with E-state index in [1.165, 1.54) is 18.2 Å². The highest BCUT2D eigenvalue weighted by molar-refractivity contribution is 6.06. The fourth-order valence-corrected chi connectivity index (χ4v) is 3.02. The van der Waals surface area contributed by atoms with Crippen LogP contribution >= 0.6 is 0 Å². The van der Waals surface area contributed by atoms with Crippen LogP contribution in [0.25, 0.3) is 0 Å². The average molecular weight is 371 g/mol. The fourth-order valence-electron chi connectivity index (χ4n) is 3.02. The van der Waals surface area contributed by atoms with Gasteiger partial charge in [-0.15, -0.1) is 0 Å². The molecule has 0 spiro atoms. The van der Waals surface area contributed by atoms with Gasteiger partial charge in [-0.25, -0.2) is 0 Å². The highest BCUT2D eigenvalue weighted by atomic mass is 16.6. The molecule has 0 aliphatic carbocycles. The molecule has 0 saturated carbocycles. The number of nitro groups is 1.